The maximum Gasteiger partial charge on any atom is 0.0955 e. The number of hydrogen-bond donors (Lipinski definition) is 2. The van der Waals surface area contributed by atoms with Gasteiger partial charge in [0, 0.05) is 19.6 Å². The van der Waals surface area contributed by atoms with Crippen LogP contribution < -0.4 is 10.6 Å². The summed E-state index contributed by atoms with van der Waals surface area (Å²) in [6, 6.07) is 7.25. The fourth-order valence-corrected chi connectivity index (χ4v) is 2.78. The Morgan fingerprint density at radius 2 is 2.42 bits per heavy atom. The molecule has 19 heavy (non-hydrogen) atoms. The van der Waals surface area contributed by atoms with Crippen LogP contribution in [0.1, 0.15) is 18.4 Å². The van der Waals surface area contributed by atoms with Gasteiger partial charge >= 0.3 is 0 Å². The number of imidazole rings is 1. The topological polar surface area (TPSA) is 41.9 Å². The molecule has 0 amide bonds. The minimum Gasteiger partial charge on any atom is -0.334 e. The third kappa shape index (κ3) is 2.96. The predicted molar refractivity (Wildman–Crippen MR) is 78.3 cm³/mol. The van der Waals surface area contributed by atoms with Crippen LogP contribution in [0.4, 0.5) is 0 Å². The molecule has 0 bridgehead atoms. The molecule has 1 aromatic carbocycles. The molecule has 1 atom stereocenters. The van der Waals surface area contributed by atoms with Crippen LogP contribution in [0.3, 0.4) is 0 Å². The first-order valence-corrected chi connectivity index (χ1v) is 7.17. The first-order chi connectivity index (χ1) is 9.33. The molecule has 0 spiro atoms. The van der Waals surface area contributed by atoms with Crippen molar-refractivity contribution in [2.45, 2.75) is 25.3 Å². The quantitative estimate of drug-likeness (QED) is 0.798. The second kappa shape index (κ2) is 5.72. The molecule has 1 unspecified atom stereocenters. The van der Waals surface area contributed by atoms with Crippen molar-refractivity contribution in [3.63, 3.8) is 0 Å². The Morgan fingerprint density at radius 3 is 3.26 bits per heavy atom. The highest BCUT2D eigenvalue weighted by Gasteiger charge is 2.12. The van der Waals surface area contributed by atoms with Crippen molar-refractivity contribution in [3.8, 4) is 0 Å². The highest BCUT2D eigenvalue weighted by atomic mass is 15.0. The maximum absolute atomic E-state index is 4.40. The van der Waals surface area contributed by atoms with Crippen LogP contribution in [0.5, 0.6) is 0 Å². The second-order valence-electron chi connectivity index (χ2n) is 5.43. The molecule has 1 aromatic heterocycles. The normalized spacial score (nSPS) is 19.3. The molecule has 102 valence electrons. The standard InChI is InChI=1S/C15H22N4/c1-19-11-18-14-9-12(4-5-15(14)19)6-8-16-10-13-3-2-7-17-13/h4-5,9,11,13,16-17H,2-3,6-8,10H2,1H3. The van der Waals surface area contributed by atoms with Gasteiger partial charge < -0.3 is 15.2 Å². The highest BCUT2D eigenvalue weighted by Crippen LogP contribution is 2.14. The second-order valence-corrected chi connectivity index (χ2v) is 5.43. The number of nitrogens with zero attached hydrogens (tertiary/aromatic N) is 2. The van der Waals surface area contributed by atoms with Crippen molar-refractivity contribution in [1.29, 1.82) is 0 Å². The van der Waals surface area contributed by atoms with E-state index in [0.717, 1.165) is 25.0 Å². The Labute approximate surface area is 114 Å². The summed E-state index contributed by atoms with van der Waals surface area (Å²) in [5.74, 6) is 0. The van der Waals surface area contributed by atoms with Crippen LogP contribution in [0.25, 0.3) is 11.0 Å². The van der Waals surface area contributed by atoms with Gasteiger partial charge in [-0.3, -0.25) is 0 Å². The Kier molecular flexibility index (Phi) is 3.80. The molecule has 1 saturated heterocycles. The van der Waals surface area contributed by atoms with Gasteiger partial charge in [-0.15, -0.1) is 0 Å². The molecule has 2 aromatic rings. The molecule has 1 aliphatic heterocycles. The number of aryl methyl sites for hydroxylation is 1. The van der Waals surface area contributed by atoms with Crippen LogP contribution in [0.15, 0.2) is 24.5 Å². The summed E-state index contributed by atoms with van der Waals surface area (Å²) in [7, 11) is 2.03. The van der Waals surface area contributed by atoms with Crippen LogP contribution in [0, 0.1) is 0 Å². The lowest BCUT2D eigenvalue weighted by Gasteiger charge is -2.11. The van der Waals surface area contributed by atoms with Gasteiger partial charge in [-0.05, 0) is 50.0 Å². The lowest BCUT2D eigenvalue weighted by atomic mass is 10.1. The molecule has 2 N–H and O–H groups in total. The number of fused-ring (bicyclic) bond motifs is 1. The predicted octanol–water partition coefficient (Wildman–Crippen LogP) is 1.46. The molecule has 4 heteroatoms. The maximum atomic E-state index is 4.40. The minimum absolute atomic E-state index is 0.679. The molecule has 0 saturated carbocycles. The average Bonchev–Trinajstić information content (AvgIpc) is 3.05. The highest BCUT2D eigenvalue weighted by molar-refractivity contribution is 5.75. The Bertz CT molecular complexity index is 540. The molecule has 1 fully saturated rings. The van der Waals surface area contributed by atoms with Gasteiger partial charge in [0.2, 0.25) is 0 Å². The van der Waals surface area contributed by atoms with Gasteiger partial charge in [0.05, 0.1) is 17.4 Å². The third-order valence-corrected chi connectivity index (χ3v) is 3.93. The SMILES string of the molecule is Cn1cnc2cc(CCNCC3CCCN3)ccc21. The zero-order valence-corrected chi connectivity index (χ0v) is 11.5. The summed E-state index contributed by atoms with van der Waals surface area (Å²) < 4.78 is 2.06. The molecule has 2 heterocycles. The van der Waals surface area contributed by atoms with E-state index in [2.05, 4.69) is 38.4 Å². The lowest BCUT2D eigenvalue weighted by Crippen LogP contribution is -2.34. The summed E-state index contributed by atoms with van der Waals surface area (Å²) in [4.78, 5) is 4.40. The number of benzene rings is 1. The van der Waals surface area contributed by atoms with Crippen LogP contribution in [0.2, 0.25) is 0 Å². The van der Waals surface area contributed by atoms with E-state index >= 15 is 0 Å². The van der Waals surface area contributed by atoms with Gasteiger partial charge in [-0.2, -0.15) is 0 Å². The summed E-state index contributed by atoms with van der Waals surface area (Å²) in [6.07, 6.45) is 5.58. The largest absolute Gasteiger partial charge is 0.334 e. The zero-order valence-electron chi connectivity index (χ0n) is 11.5. The van der Waals surface area contributed by atoms with Gasteiger partial charge in [0.15, 0.2) is 0 Å². The molecule has 0 aliphatic carbocycles. The van der Waals surface area contributed by atoms with Crippen molar-refractivity contribution in [1.82, 2.24) is 20.2 Å². The third-order valence-electron chi connectivity index (χ3n) is 3.93. The summed E-state index contributed by atoms with van der Waals surface area (Å²) >= 11 is 0. The lowest BCUT2D eigenvalue weighted by molar-refractivity contribution is 0.538. The van der Waals surface area contributed by atoms with E-state index in [1.54, 1.807) is 0 Å². The van der Waals surface area contributed by atoms with Crippen molar-refractivity contribution in [3.05, 3.63) is 30.1 Å². The summed E-state index contributed by atoms with van der Waals surface area (Å²) in [5.41, 5.74) is 3.66. The van der Waals surface area contributed by atoms with Gasteiger partial charge in [0.1, 0.15) is 0 Å². The fraction of sp³-hybridized carbons (Fsp3) is 0.533. The molecule has 3 rings (SSSR count). The average molecular weight is 258 g/mol. The minimum atomic E-state index is 0.679. The monoisotopic (exact) mass is 258 g/mol. The molecular weight excluding hydrogens is 236 g/mol. The fourth-order valence-electron chi connectivity index (χ4n) is 2.78. The van der Waals surface area contributed by atoms with E-state index in [9.17, 15) is 0 Å². The van der Waals surface area contributed by atoms with Gasteiger partial charge in [-0.1, -0.05) is 6.07 Å². The smallest absolute Gasteiger partial charge is 0.0955 e. The van der Waals surface area contributed by atoms with Crippen molar-refractivity contribution >= 4 is 11.0 Å². The first kappa shape index (κ1) is 12.6. The van der Waals surface area contributed by atoms with Crippen molar-refractivity contribution < 1.29 is 0 Å². The van der Waals surface area contributed by atoms with Gasteiger partial charge in [0.25, 0.3) is 0 Å². The van der Waals surface area contributed by atoms with Crippen molar-refractivity contribution in [2.75, 3.05) is 19.6 Å². The summed E-state index contributed by atoms with van der Waals surface area (Å²) in [6.45, 7) is 3.31. The van der Waals surface area contributed by atoms with E-state index < -0.39 is 0 Å². The van der Waals surface area contributed by atoms with E-state index in [4.69, 9.17) is 0 Å². The molecule has 1 aliphatic rings. The molecule has 4 nitrogen and oxygen atoms in total. The number of nitrogens with one attached hydrogen (secondary N) is 2. The zero-order chi connectivity index (χ0) is 13.1. The molecular formula is C15H22N4. The van der Waals surface area contributed by atoms with Crippen molar-refractivity contribution in [2.24, 2.45) is 7.05 Å². The van der Waals surface area contributed by atoms with Crippen LogP contribution in [-0.2, 0) is 13.5 Å². The van der Waals surface area contributed by atoms with E-state index in [0.29, 0.717) is 6.04 Å². The number of rotatable bonds is 5. The van der Waals surface area contributed by atoms with Crippen LogP contribution in [-0.4, -0.2) is 35.2 Å². The van der Waals surface area contributed by atoms with E-state index in [1.165, 1.54) is 30.5 Å². The van der Waals surface area contributed by atoms with E-state index in [-0.39, 0.29) is 0 Å². The number of hydrogen-bond acceptors (Lipinski definition) is 3. The number of aromatic nitrogens is 2. The Balaban J connectivity index is 1.50. The van der Waals surface area contributed by atoms with E-state index in [1.807, 2.05) is 13.4 Å². The van der Waals surface area contributed by atoms with Gasteiger partial charge in [-0.25, -0.2) is 4.98 Å². The first-order valence-electron chi connectivity index (χ1n) is 7.17. The van der Waals surface area contributed by atoms with Crippen LogP contribution >= 0.6 is 0 Å². The molecule has 0 radical (unpaired) electrons. The summed E-state index contributed by atoms with van der Waals surface area (Å²) in [5, 5.41) is 7.05. The Hall–Kier alpha value is -1.39. The Morgan fingerprint density at radius 1 is 1.47 bits per heavy atom.